The number of halogens is 1. The fourth-order valence-electron chi connectivity index (χ4n) is 2.16. The van der Waals surface area contributed by atoms with Crippen LogP contribution in [-0.2, 0) is 6.42 Å². The van der Waals surface area contributed by atoms with Gasteiger partial charge in [0.25, 0.3) is 0 Å². The number of guanidine groups is 1. The second-order valence-electron chi connectivity index (χ2n) is 5.57. The summed E-state index contributed by atoms with van der Waals surface area (Å²) >= 11 is 0. The Kier molecular flexibility index (Phi) is 9.64. The van der Waals surface area contributed by atoms with Crippen molar-refractivity contribution in [2.75, 3.05) is 32.6 Å². The SMILES string of the molecule is C=C(C)CN=C(NCCc1ccco1)Nc1ccc(OC)c(OC)c1.I. The van der Waals surface area contributed by atoms with Crippen molar-refractivity contribution in [1.29, 1.82) is 0 Å². The average molecular weight is 471 g/mol. The molecule has 0 spiro atoms. The summed E-state index contributed by atoms with van der Waals surface area (Å²) in [4.78, 5) is 4.53. The molecule has 0 aliphatic carbocycles. The molecule has 2 N–H and O–H groups in total. The molecule has 0 amide bonds. The topological polar surface area (TPSA) is 68.0 Å². The van der Waals surface area contributed by atoms with Crippen LogP contribution in [0.3, 0.4) is 0 Å². The van der Waals surface area contributed by atoms with Gasteiger partial charge >= 0.3 is 0 Å². The molecule has 0 aliphatic heterocycles. The number of rotatable bonds is 8. The monoisotopic (exact) mass is 471 g/mol. The summed E-state index contributed by atoms with van der Waals surface area (Å²) in [6, 6.07) is 9.46. The minimum Gasteiger partial charge on any atom is -0.493 e. The highest BCUT2D eigenvalue weighted by Crippen LogP contribution is 2.29. The highest BCUT2D eigenvalue weighted by Gasteiger charge is 2.07. The Hall–Kier alpha value is -2.16. The Morgan fingerprint density at radius 1 is 1.19 bits per heavy atom. The van der Waals surface area contributed by atoms with E-state index in [0.29, 0.717) is 30.5 Å². The number of benzene rings is 1. The molecular formula is C19H26IN3O3. The van der Waals surface area contributed by atoms with E-state index >= 15 is 0 Å². The van der Waals surface area contributed by atoms with Gasteiger partial charge in [-0.3, -0.25) is 0 Å². The van der Waals surface area contributed by atoms with Crippen LogP contribution in [0.25, 0.3) is 0 Å². The van der Waals surface area contributed by atoms with Gasteiger partial charge in [-0.25, -0.2) is 4.99 Å². The second-order valence-corrected chi connectivity index (χ2v) is 5.57. The van der Waals surface area contributed by atoms with Crippen LogP contribution in [0.2, 0.25) is 0 Å². The van der Waals surface area contributed by atoms with Gasteiger partial charge in [-0.1, -0.05) is 12.2 Å². The summed E-state index contributed by atoms with van der Waals surface area (Å²) in [5.41, 5.74) is 1.84. The van der Waals surface area contributed by atoms with Crippen molar-refractivity contribution in [3.63, 3.8) is 0 Å². The first-order valence-corrected chi connectivity index (χ1v) is 8.06. The van der Waals surface area contributed by atoms with Crippen LogP contribution in [0.5, 0.6) is 11.5 Å². The van der Waals surface area contributed by atoms with E-state index in [1.807, 2.05) is 37.3 Å². The van der Waals surface area contributed by atoms with E-state index in [9.17, 15) is 0 Å². The van der Waals surface area contributed by atoms with E-state index in [2.05, 4.69) is 22.2 Å². The Labute approximate surface area is 171 Å². The summed E-state index contributed by atoms with van der Waals surface area (Å²) in [6.07, 6.45) is 2.44. The molecule has 6 nitrogen and oxygen atoms in total. The number of furan rings is 1. The molecule has 1 aromatic heterocycles. The van der Waals surface area contributed by atoms with Crippen molar-refractivity contribution < 1.29 is 13.9 Å². The minimum absolute atomic E-state index is 0. The summed E-state index contributed by atoms with van der Waals surface area (Å²) in [5.74, 6) is 2.93. The number of ether oxygens (including phenoxy) is 2. The van der Waals surface area contributed by atoms with Crippen LogP contribution >= 0.6 is 24.0 Å². The van der Waals surface area contributed by atoms with Crippen molar-refractivity contribution in [3.8, 4) is 11.5 Å². The molecular weight excluding hydrogens is 445 g/mol. The summed E-state index contributed by atoms with van der Waals surface area (Å²) in [7, 11) is 3.22. The fraction of sp³-hybridized carbons (Fsp3) is 0.316. The van der Waals surface area contributed by atoms with Gasteiger partial charge in [-0.2, -0.15) is 0 Å². The van der Waals surface area contributed by atoms with Gasteiger partial charge in [-0.15, -0.1) is 24.0 Å². The van der Waals surface area contributed by atoms with Crippen LogP contribution in [0.1, 0.15) is 12.7 Å². The molecule has 0 aliphatic rings. The smallest absolute Gasteiger partial charge is 0.196 e. The van der Waals surface area contributed by atoms with E-state index in [1.165, 1.54) is 0 Å². The molecule has 7 heteroatoms. The highest BCUT2D eigenvalue weighted by atomic mass is 127. The maximum absolute atomic E-state index is 5.34. The van der Waals surface area contributed by atoms with Crippen molar-refractivity contribution in [1.82, 2.24) is 5.32 Å². The zero-order valence-electron chi connectivity index (χ0n) is 15.4. The molecule has 26 heavy (non-hydrogen) atoms. The first-order valence-electron chi connectivity index (χ1n) is 8.06. The molecule has 0 saturated carbocycles. The quantitative estimate of drug-likeness (QED) is 0.263. The van der Waals surface area contributed by atoms with Crippen LogP contribution in [0.15, 0.2) is 58.2 Å². The molecule has 0 saturated heterocycles. The van der Waals surface area contributed by atoms with Gasteiger partial charge in [0, 0.05) is 24.7 Å². The number of anilines is 1. The molecule has 1 aromatic carbocycles. The van der Waals surface area contributed by atoms with Gasteiger partial charge in [-0.05, 0) is 31.2 Å². The number of nitrogens with one attached hydrogen (secondary N) is 2. The zero-order chi connectivity index (χ0) is 18.1. The van der Waals surface area contributed by atoms with Gasteiger partial charge < -0.3 is 24.5 Å². The average Bonchev–Trinajstić information content (AvgIpc) is 3.12. The van der Waals surface area contributed by atoms with Crippen LogP contribution in [0.4, 0.5) is 5.69 Å². The van der Waals surface area contributed by atoms with Crippen molar-refractivity contribution in [2.45, 2.75) is 13.3 Å². The second kappa shape index (κ2) is 11.5. The first-order chi connectivity index (χ1) is 12.1. The molecule has 0 fully saturated rings. The van der Waals surface area contributed by atoms with Gasteiger partial charge in [0.05, 0.1) is 27.0 Å². The van der Waals surface area contributed by atoms with Crippen LogP contribution in [0, 0.1) is 0 Å². The third-order valence-electron chi connectivity index (χ3n) is 3.40. The van der Waals surface area contributed by atoms with Crippen molar-refractivity contribution >= 4 is 35.6 Å². The Balaban J connectivity index is 0.00000338. The summed E-state index contributed by atoms with van der Waals surface area (Å²) in [5, 5.41) is 6.57. The lowest BCUT2D eigenvalue weighted by molar-refractivity contribution is 0.355. The number of hydrogen-bond donors (Lipinski definition) is 2. The molecule has 142 valence electrons. The number of nitrogens with zero attached hydrogens (tertiary/aromatic N) is 1. The summed E-state index contributed by atoms with van der Waals surface area (Å²) in [6.45, 7) is 7.08. The highest BCUT2D eigenvalue weighted by molar-refractivity contribution is 14.0. The Morgan fingerprint density at radius 3 is 2.58 bits per heavy atom. The molecule has 0 atom stereocenters. The number of hydrogen-bond acceptors (Lipinski definition) is 4. The number of aliphatic imine (C=N–C) groups is 1. The Morgan fingerprint density at radius 2 is 1.96 bits per heavy atom. The standard InChI is InChI=1S/C19H25N3O3.HI/c1-14(2)13-21-19(20-10-9-16-6-5-11-25-16)22-15-7-8-17(23-3)18(12-15)24-4;/h5-8,11-12H,1,9-10,13H2,2-4H3,(H2,20,21,22);1H. The third kappa shape index (κ3) is 6.99. The van der Waals surface area contributed by atoms with E-state index < -0.39 is 0 Å². The zero-order valence-corrected chi connectivity index (χ0v) is 17.7. The van der Waals surface area contributed by atoms with Crippen molar-refractivity contribution in [3.05, 3.63) is 54.5 Å². The summed E-state index contributed by atoms with van der Waals surface area (Å²) < 4.78 is 15.9. The lowest BCUT2D eigenvalue weighted by Gasteiger charge is -2.14. The minimum atomic E-state index is 0. The van der Waals surface area contributed by atoms with E-state index in [-0.39, 0.29) is 24.0 Å². The van der Waals surface area contributed by atoms with Gasteiger partial charge in [0.2, 0.25) is 0 Å². The van der Waals surface area contributed by atoms with Crippen molar-refractivity contribution in [2.24, 2.45) is 4.99 Å². The lowest BCUT2D eigenvalue weighted by Crippen LogP contribution is -2.32. The maximum Gasteiger partial charge on any atom is 0.196 e. The maximum atomic E-state index is 5.34. The Bertz CT molecular complexity index is 715. The lowest BCUT2D eigenvalue weighted by atomic mass is 10.2. The van der Waals surface area contributed by atoms with E-state index in [4.69, 9.17) is 13.9 Å². The molecule has 2 rings (SSSR count). The van der Waals surface area contributed by atoms with E-state index in [1.54, 1.807) is 20.5 Å². The largest absolute Gasteiger partial charge is 0.493 e. The van der Waals surface area contributed by atoms with Crippen LogP contribution < -0.4 is 20.1 Å². The predicted octanol–water partition coefficient (Wildman–Crippen LogP) is 4.09. The molecule has 2 aromatic rings. The fourth-order valence-corrected chi connectivity index (χ4v) is 2.16. The molecule has 0 radical (unpaired) electrons. The third-order valence-corrected chi connectivity index (χ3v) is 3.40. The molecule has 1 heterocycles. The van der Waals surface area contributed by atoms with Crippen LogP contribution in [-0.4, -0.2) is 33.3 Å². The first kappa shape index (κ1) is 21.9. The predicted molar refractivity (Wildman–Crippen MR) is 116 cm³/mol. The molecule has 0 unspecified atom stereocenters. The normalized spacial score (nSPS) is 10.7. The van der Waals surface area contributed by atoms with E-state index in [0.717, 1.165) is 23.4 Å². The molecule has 0 bridgehead atoms. The van der Waals surface area contributed by atoms with Gasteiger partial charge in [0.15, 0.2) is 17.5 Å². The number of methoxy groups -OCH3 is 2. The van der Waals surface area contributed by atoms with Gasteiger partial charge in [0.1, 0.15) is 5.76 Å².